The van der Waals surface area contributed by atoms with Crippen molar-refractivity contribution in [3.05, 3.63) is 71.1 Å². The van der Waals surface area contributed by atoms with Gasteiger partial charge in [-0.15, -0.1) is 0 Å². The second-order valence-electron chi connectivity index (χ2n) is 7.81. The maximum absolute atomic E-state index is 13.7. The average Bonchev–Trinajstić information content (AvgIpc) is 3.34. The summed E-state index contributed by atoms with van der Waals surface area (Å²) in [6, 6.07) is 10.4. The van der Waals surface area contributed by atoms with E-state index in [9.17, 15) is 18.4 Å². The maximum atomic E-state index is 13.7. The summed E-state index contributed by atoms with van der Waals surface area (Å²) in [6.07, 6.45) is 2.27. The lowest BCUT2D eigenvalue weighted by atomic mass is 10.2. The van der Waals surface area contributed by atoms with Crippen LogP contribution in [0, 0.1) is 17.6 Å². The van der Waals surface area contributed by atoms with E-state index in [2.05, 4.69) is 15.7 Å². The van der Waals surface area contributed by atoms with Crippen molar-refractivity contribution in [3.8, 4) is 5.69 Å². The molecule has 0 saturated carbocycles. The normalized spacial score (nSPS) is 12.7. The van der Waals surface area contributed by atoms with Gasteiger partial charge in [0.1, 0.15) is 0 Å². The molecular weight excluding hydrogens is 402 g/mol. The molecule has 0 spiro atoms. The summed E-state index contributed by atoms with van der Waals surface area (Å²) in [5.74, 6) is -2.49. The Bertz CT molecular complexity index is 1150. The van der Waals surface area contributed by atoms with Crippen LogP contribution in [0.5, 0.6) is 0 Å². The van der Waals surface area contributed by atoms with Crippen LogP contribution >= 0.6 is 0 Å². The molecule has 1 aliphatic rings. The van der Waals surface area contributed by atoms with Crippen molar-refractivity contribution in [2.24, 2.45) is 5.92 Å². The summed E-state index contributed by atoms with van der Waals surface area (Å²) in [6.45, 7) is 3.61. The van der Waals surface area contributed by atoms with E-state index < -0.39 is 11.6 Å². The first kappa shape index (κ1) is 20.7. The second kappa shape index (κ2) is 8.29. The lowest BCUT2D eigenvalue weighted by Gasteiger charge is -2.09. The molecule has 2 amide bonds. The minimum absolute atomic E-state index is 0.0879. The lowest BCUT2D eigenvalue weighted by Crippen LogP contribution is -2.18. The van der Waals surface area contributed by atoms with Crippen LogP contribution < -0.4 is 10.6 Å². The molecule has 0 bridgehead atoms. The molecule has 6 nitrogen and oxygen atoms in total. The fourth-order valence-corrected chi connectivity index (χ4v) is 3.56. The Morgan fingerprint density at radius 2 is 1.65 bits per heavy atom. The van der Waals surface area contributed by atoms with Gasteiger partial charge in [-0.3, -0.25) is 9.59 Å². The zero-order chi connectivity index (χ0) is 22.1. The van der Waals surface area contributed by atoms with Gasteiger partial charge in [0.2, 0.25) is 5.91 Å². The molecule has 160 valence electrons. The highest BCUT2D eigenvalue weighted by atomic mass is 19.2. The predicted octanol–water partition coefficient (Wildman–Crippen LogP) is 4.49. The number of nitrogens with one attached hydrogen (secondary N) is 2. The highest BCUT2D eigenvalue weighted by molar-refractivity contribution is 6.04. The summed E-state index contributed by atoms with van der Waals surface area (Å²) in [4.78, 5) is 24.7. The third-order valence-corrected chi connectivity index (χ3v) is 5.23. The molecule has 2 aromatic carbocycles. The van der Waals surface area contributed by atoms with Gasteiger partial charge in [-0.1, -0.05) is 13.8 Å². The summed E-state index contributed by atoms with van der Waals surface area (Å²) < 4.78 is 28.5. The Balaban J connectivity index is 1.55. The average molecular weight is 424 g/mol. The van der Waals surface area contributed by atoms with E-state index in [4.69, 9.17) is 0 Å². The monoisotopic (exact) mass is 424 g/mol. The Labute approximate surface area is 178 Å². The van der Waals surface area contributed by atoms with E-state index in [1.807, 2.05) is 13.8 Å². The first-order chi connectivity index (χ1) is 14.8. The van der Waals surface area contributed by atoms with Gasteiger partial charge in [-0.05, 0) is 55.7 Å². The van der Waals surface area contributed by atoms with Gasteiger partial charge in [0.15, 0.2) is 17.3 Å². The number of halogens is 2. The van der Waals surface area contributed by atoms with E-state index >= 15 is 0 Å². The molecule has 1 aromatic heterocycles. The predicted molar refractivity (Wildman–Crippen MR) is 113 cm³/mol. The lowest BCUT2D eigenvalue weighted by molar-refractivity contribution is -0.118. The van der Waals surface area contributed by atoms with Crippen LogP contribution in [0.15, 0.2) is 42.5 Å². The van der Waals surface area contributed by atoms with E-state index in [1.54, 1.807) is 24.3 Å². The molecule has 1 heterocycles. The molecule has 8 heteroatoms. The SMILES string of the molecule is CC(C)C(=O)Nc1ccc(NC(=O)c2nn(-c3ccc(F)c(F)c3)c3c2CCC3)cc1. The Hall–Kier alpha value is -3.55. The fraction of sp³-hybridized carbons (Fsp3) is 0.261. The largest absolute Gasteiger partial charge is 0.326 e. The second-order valence-corrected chi connectivity index (χ2v) is 7.81. The molecule has 3 aromatic rings. The van der Waals surface area contributed by atoms with Crippen LogP contribution in [0.3, 0.4) is 0 Å². The fourth-order valence-electron chi connectivity index (χ4n) is 3.56. The quantitative estimate of drug-likeness (QED) is 0.634. The van der Waals surface area contributed by atoms with Crippen molar-refractivity contribution in [1.82, 2.24) is 9.78 Å². The van der Waals surface area contributed by atoms with E-state index in [1.165, 1.54) is 10.7 Å². The first-order valence-electron chi connectivity index (χ1n) is 10.1. The molecule has 0 saturated heterocycles. The van der Waals surface area contributed by atoms with Crippen LogP contribution in [0.1, 0.15) is 42.0 Å². The van der Waals surface area contributed by atoms with E-state index in [0.29, 0.717) is 29.9 Å². The maximum Gasteiger partial charge on any atom is 0.276 e. The van der Waals surface area contributed by atoms with Gasteiger partial charge in [-0.2, -0.15) is 5.10 Å². The minimum atomic E-state index is -0.963. The zero-order valence-corrected chi connectivity index (χ0v) is 17.2. The van der Waals surface area contributed by atoms with Gasteiger partial charge >= 0.3 is 0 Å². The van der Waals surface area contributed by atoms with Gasteiger partial charge in [-0.25, -0.2) is 13.5 Å². The van der Waals surface area contributed by atoms with Crippen LogP contribution in [0.2, 0.25) is 0 Å². The molecule has 0 atom stereocenters. The molecule has 31 heavy (non-hydrogen) atoms. The number of amides is 2. The molecule has 1 aliphatic carbocycles. The Kier molecular flexibility index (Phi) is 5.54. The Morgan fingerprint density at radius 3 is 2.29 bits per heavy atom. The van der Waals surface area contributed by atoms with Gasteiger partial charge in [0, 0.05) is 34.6 Å². The number of carbonyl (C=O) groups excluding carboxylic acids is 2. The van der Waals surface area contributed by atoms with Crippen molar-refractivity contribution in [3.63, 3.8) is 0 Å². The van der Waals surface area contributed by atoms with Crippen LogP contribution in [-0.4, -0.2) is 21.6 Å². The number of hydrogen-bond acceptors (Lipinski definition) is 3. The number of fused-ring (bicyclic) bond motifs is 1. The van der Waals surface area contributed by atoms with Crippen molar-refractivity contribution >= 4 is 23.2 Å². The highest BCUT2D eigenvalue weighted by Crippen LogP contribution is 2.29. The molecule has 0 aliphatic heterocycles. The number of hydrogen-bond donors (Lipinski definition) is 2. The summed E-state index contributed by atoms with van der Waals surface area (Å²) in [5.41, 5.74) is 3.50. The van der Waals surface area contributed by atoms with Gasteiger partial charge in [0.25, 0.3) is 5.91 Å². The molecule has 0 radical (unpaired) electrons. The molecule has 0 unspecified atom stereocenters. The Morgan fingerprint density at radius 1 is 0.968 bits per heavy atom. The third kappa shape index (κ3) is 4.19. The number of aromatic nitrogens is 2. The van der Waals surface area contributed by atoms with Crippen molar-refractivity contribution in [1.29, 1.82) is 0 Å². The molecule has 0 fully saturated rings. The number of anilines is 2. The van der Waals surface area contributed by atoms with Crippen molar-refractivity contribution in [2.45, 2.75) is 33.1 Å². The minimum Gasteiger partial charge on any atom is -0.326 e. The summed E-state index contributed by atoms with van der Waals surface area (Å²) in [5, 5.41) is 10.0. The first-order valence-corrected chi connectivity index (χ1v) is 10.1. The van der Waals surface area contributed by atoms with Crippen LogP contribution in [0.25, 0.3) is 5.69 Å². The molecule has 2 N–H and O–H groups in total. The molecule has 4 rings (SSSR count). The van der Waals surface area contributed by atoms with Gasteiger partial charge in [0.05, 0.1) is 5.69 Å². The highest BCUT2D eigenvalue weighted by Gasteiger charge is 2.27. The van der Waals surface area contributed by atoms with Crippen molar-refractivity contribution < 1.29 is 18.4 Å². The zero-order valence-electron chi connectivity index (χ0n) is 17.2. The third-order valence-electron chi connectivity index (χ3n) is 5.23. The number of carbonyl (C=O) groups is 2. The standard InChI is InChI=1S/C23H22F2N4O2/c1-13(2)22(30)26-14-6-8-15(9-7-14)27-23(31)21-17-4-3-5-20(17)29(28-21)16-10-11-18(24)19(25)12-16/h6-13H,3-5H2,1-2H3,(H,26,30)(H,27,31). The number of nitrogens with zero attached hydrogens (tertiary/aromatic N) is 2. The van der Waals surface area contributed by atoms with Crippen LogP contribution in [-0.2, 0) is 17.6 Å². The van der Waals surface area contributed by atoms with Crippen molar-refractivity contribution in [2.75, 3.05) is 10.6 Å². The summed E-state index contributed by atoms with van der Waals surface area (Å²) >= 11 is 0. The van der Waals surface area contributed by atoms with E-state index in [0.717, 1.165) is 29.8 Å². The van der Waals surface area contributed by atoms with Gasteiger partial charge < -0.3 is 10.6 Å². The summed E-state index contributed by atoms with van der Waals surface area (Å²) in [7, 11) is 0. The van der Waals surface area contributed by atoms with Crippen LogP contribution in [0.4, 0.5) is 20.2 Å². The topological polar surface area (TPSA) is 76.0 Å². The van der Waals surface area contributed by atoms with E-state index in [-0.39, 0.29) is 23.4 Å². The number of benzene rings is 2. The smallest absolute Gasteiger partial charge is 0.276 e. The number of rotatable bonds is 5. The molecular formula is C23H22F2N4O2.